The molecule has 58 heavy (non-hydrogen) atoms. The van der Waals surface area contributed by atoms with E-state index < -0.39 is 16.8 Å². The zero-order valence-corrected chi connectivity index (χ0v) is 35.0. The zero-order chi connectivity index (χ0) is 40.7. The molecule has 0 radical (unpaired) electrons. The van der Waals surface area contributed by atoms with E-state index in [1.165, 1.54) is 0 Å². The summed E-state index contributed by atoms with van der Waals surface area (Å²) >= 11 is 0. The van der Waals surface area contributed by atoms with E-state index >= 15 is 0 Å². The molecule has 8 rings (SSSR count). The second-order valence-electron chi connectivity index (χ2n) is 13.7. The molecule has 6 aromatic carbocycles. The van der Waals surface area contributed by atoms with Crippen LogP contribution >= 0.6 is 16.8 Å². The Bertz CT molecular complexity index is 2680. The highest BCUT2D eigenvalue weighted by Crippen LogP contribution is 2.56. The Hall–Kier alpha value is -6.28. The number of hydrogen-bond acceptors (Lipinski definition) is 10. The highest BCUT2D eigenvalue weighted by atomic mass is 31.2. The average Bonchev–Trinajstić information content (AvgIpc) is 3.39. The SMILES string of the molecule is COc1cc(C)c(OP2Oc3ccccc3C(=O)N2c2ccccc2)c(-c2cc(OC)cc(C)c2Op2oc3c(C)cc(OC)cc3c3cc(OC)cc(C)c3o2)c1. The van der Waals surface area contributed by atoms with Gasteiger partial charge in [-0.15, -0.1) is 0 Å². The lowest BCUT2D eigenvalue weighted by atomic mass is 9.98. The van der Waals surface area contributed by atoms with Crippen LogP contribution in [0.3, 0.4) is 0 Å². The summed E-state index contributed by atoms with van der Waals surface area (Å²) in [7, 11) is 2.28. The van der Waals surface area contributed by atoms with Crippen molar-refractivity contribution in [3.05, 3.63) is 131 Å². The summed E-state index contributed by atoms with van der Waals surface area (Å²) in [4.78, 5) is 14.2. The van der Waals surface area contributed by atoms with Crippen LogP contribution in [0.1, 0.15) is 32.6 Å². The largest absolute Gasteiger partial charge is 0.497 e. The first-order chi connectivity index (χ1) is 28.1. The number of fused-ring (bicyclic) bond motifs is 4. The third kappa shape index (κ3) is 7.12. The van der Waals surface area contributed by atoms with Crippen molar-refractivity contribution in [1.29, 1.82) is 0 Å². The van der Waals surface area contributed by atoms with Gasteiger partial charge in [-0.3, -0.25) is 4.79 Å². The number of amides is 1. The van der Waals surface area contributed by atoms with Crippen LogP contribution in [-0.2, 0) is 0 Å². The molecule has 1 amide bonds. The van der Waals surface area contributed by atoms with E-state index in [0.29, 0.717) is 73.8 Å². The Balaban J connectivity index is 1.33. The van der Waals surface area contributed by atoms with Crippen LogP contribution in [0.5, 0.6) is 40.2 Å². The molecule has 1 aliphatic heterocycles. The van der Waals surface area contributed by atoms with Crippen molar-refractivity contribution in [2.75, 3.05) is 33.1 Å². The van der Waals surface area contributed by atoms with E-state index in [1.807, 2.05) is 119 Å². The van der Waals surface area contributed by atoms with Gasteiger partial charge in [0, 0.05) is 21.9 Å². The summed E-state index contributed by atoms with van der Waals surface area (Å²) in [6, 6.07) is 31.7. The first kappa shape index (κ1) is 38.6. The standard InChI is InChI=1S/C45H41NO10P2/c1-26-18-31(48-5)22-36(41(26)53-57-46(30-14-10-9-11-15-30)45(47)35-16-12-13-17-40(35)52-57)37-23-32(49-6)19-27(2)42(37)54-58-55-43-28(3)20-33(50-7)24-38(43)39-25-34(51-8)21-29(4)44(39)56-58/h9-25H,1-8H3. The Morgan fingerprint density at radius 2 is 0.983 bits per heavy atom. The van der Waals surface area contributed by atoms with Gasteiger partial charge in [0.1, 0.15) is 51.4 Å². The molecule has 11 nitrogen and oxygen atoms in total. The maximum absolute atomic E-state index is 14.2. The predicted molar refractivity (Wildman–Crippen MR) is 227 cm³/mol. The topological polar surface area (TPSA) is 111 Å². The average molecular weight is 818 g/mol. The van der Waals surface area contributed by atoms with Gasteiger partial charge in [0.2, 0.25) is 0 Å². The third-order valence-corrected chi connectivity index (χ3v) is 12.3. The minimum Gasteiger partial charge on any atom is -0.497 e. The van der Waals surface area contributed by atoms with Crippen molar-refractivity contribution in [2.24, 2.45) is 0 Å². The quantitative estimate of drug-likeness (QED) is 0.124. The van der Waals surface area contributed by atoms with Crippen molar-refractivity contribution in [3.63, 3.8) is 0 Å². The molecule has 1 aliphatic rings. The second kappa shape index (κ2) is 15.9. The molecule has 0 aliphatic carbocycles. The number of nitrogens with zero attached hydrogens (tertiary/aromatic N) is 1. The molecule has 1 unspecified atom stereocenters. The lowest BCUT2D eigenvalue weighted by molar-refractivity contribution is 0.0995. The first-order valence-electron chi connectivity index (χ1n) is 18.3. The van der Waals surface area contributed by atoms with Crippen molar-refractivity contribution < 1.29 is 45.7 Å². The summed E-state index contributed by atoms with van der Waals surface area (Å²) in [6.45, 7) is 7.75. The molecule has 0 saturated carbocycles. The molecule has 1 atom stereocenters. The minimum atomic E-state index is -2.13. The normalized spacial score (nSPS) is 13.5. The summed E-state index contributed by atoms with van der Waals surface area (Å²) in [5.74, 6) is 3.62. The number of methoxy groups -OCH3 is 4. The molecular formula is C45H41NO10P2. The zero-order valence-electron chi connectivity index (χ0n) is 33.2. The summed E-state index contributed by atoms with van der Waals surface area (Å²) in [5, 5.41) is 1.56. The maximum atomic E-state index is 14.2. The fourth-order valence-electron chi connectivity index (χ4n) is 6.95. The number of benzene rings is 6. The van der Waals surface area contributed by atoms with Crippen molar-refractivity contribution >= 4 is 50.3 Å². The Morgan fingerprint density at radius 3 is 1.52 bits per heavy atom. The molecule has 13 heteroatoms. The molecule has 0 N–H and O–H groups in total. The number of carbonyl (C=O) groups excluding carboxylic acids is 1. The van der Waals surface area contributed by atoms with Gasteiger partial charge in [-0.2, -0.15) is 0 Å². The van der Waals surface area contributed by atoms with Crippen LogP contribution in [0.25, 0.3) is 33.1 Å². The Kier molecular flexibility index (Phi) is 10.6. The van der Waals surface area contributed by atoms with Gasteiger partial charge >= 0.3 is 16.8 Å². The fourth-order valence-corrected chi connectivity index (χ4v) is 9.74. The Labute approximate surface area is 338 Å². The van der Waals surface area contributed by atoms with Gasteiger partial charge in [0.25, 0.3) is 5.91 Å². The molecule has 296 valence electrons. The fraction of sp³-hybridized carbons (Fsp3) is 0.178. The van der Waals surface area contributed by atoms with Gasteiger partial charge in [-0.1, -0.05) is 30.3 Å². The maximum Gasteiger partial charge on any atom is 0.453 e. The van der Waals surface area contributed by atoms with Crippen LogP contribution in [0.2, 0.25) is 0 Å². The van der Waals surface area contributed by atoms with E-state index in [2.05, 4.69) is 0 Å². The van der Waals surface area contributed by atoms with Gasteiger partial charge in [0.05, 0.1) is 39.7 Å². The minimum absolute atomic E-state index is 0.236. The van der Waals surface area contributed by atoms with Crippen LogP contribution in [-0.4, -0.2) is 34.3 Å². The van der Waals surface area contributed by atoms with E-state index in [0.717, 1.165) is 33.0 Å². The van der Waals surface area contributed by atoms with Crippen LogP contribution in [0.15, 0.2) is 112 Å². The van der Waals surface area contributed by atoms with Crippen LogP contribution < -0.4 is 37.2 Å². The molecule has 1 aromatic heterocycles. The monoisotopic (exact) mass is 817 g/mol. The number of hydrogen-bond donors (Lipinski definition) is 0. The van der Waals surface area contributed by atoms with E-state index in [-0.39, 0.29) is 5.91 Å². The number of anilines is 1. The van der Waals surface area contributed by atoms with Crippen molar-refractivity contribution in [3.8, 4) is 51.4 Å². The number of ether oxygens (including phenoxy) is 4. The number of rotatable bonds is 10. The van der Waals surface area contributed by atoms with Crippen molar-refractivity contribution in [2.45, 2.75) is 27.7 Å². The molecule has 0 bridgehead atoms. The van der Waals surface area contributed by atoms with Crippen LogP contribution in [0, 0.1) is 27.7 Å². The first-order valence-corrected chi connectivity index (χ1v) is 20.6. The van der Waals surface area contributed by atoms with Crippen LogP contribution in [0.4, 0.5) is 5.69 Å². The van der Waals surface area contributed by atoms with E-state index in [4.69, 9.17) is 40.9 Å². The summed E-state index contributed by atoms with van der Waals surface area (Å²) in [5.41, 5.74) is 6.62. The van der Waals surface area contributed by atoms with Gasteiger partial charge < -0.3 is 40.9 Å². The molecule has 0 spiro atoms. The lowest BCUT2D eigenvalue weighted by Crippen LogP contribution is -2.33. The molecule has 0 fully saturated rings. The summed E-state index contributed by atoms with van der Waals surface area (Å²) in [6.07, 6.45) is 0. The van der Waals surface area contributed by atoms with Crippen molar-refractivity contribution in [1.82, 2.24) is 0 Å². The third-order valence-electron chi connectivity index (χ3n) is 9.83. The Morgan fingerprint density at radius 1 is 0.517 bits per heavy atom. The van der Waals surface area contributed by atoms with Gasteiger partial charge in [-0.05, 0) is 123 Å². The molecule has 7 aromatic rings. The number of aryl methyl sites for hydroxylation is 4. The second-order valence-corrected chi connectivity index (χ2v) is 15.9. The highest BCUT2D eigenvalue weighted by molar-refractivity contribution is 7.51. The lowest BCUT2D eigenvalue weighted by Gasteiger charge is -2.34. The predicted octanol–water partition coefficient (Wildman–Crippen LogP) is 12.4. The number of para-hydroxylation sites is 2. The smallest absolute Gasteiger partial charge is 0.453 e. The van der Waals surface area contributed by atoms with E-state index in [1.54, 1.807) is 45.2 Å². The number of carbonyl (C=O) groups is 1. The summed E-state index contributed by atoms with van der Waals surface area (Å²) < 4.78 is 58.3. The van der Waals surface area contributed by atoms with E-state index in [9.17, 15) is 4.79 Å². The molecular weight excluding hydrogens is 776 g/mol. The van der Waals surface area contributed by atoms with Gasteiger partial charge in [-0.25, -0.2) is 4.67 Å². The van der Waals surface area contributed by atoms with Gasteiger partial charge in [0.15, 0.2) is 0 Å². The molecule has 0 saturated heterocycles. The highest BCUT2D eigenvalue weighted by Gasteiger charge is 2.40. The molecule has 2 heterocycles.